The Bertz CT molecular complexity index is 1110. The number of rotatable bonds is 5. The summed E-state index contributed by atoms with van der Waals surface area (Å²) in [5.74, 6) is 3.23. The maximum absolute atomic E-state index is 13.4. The van der Waals surface area contributed by atoms with Crippen molar-refractivity contribution >= 4 is 15.9 Å². The molecule has 1 N–H and O–H groups in total. The van der Waals surface area contributed by atoms with Gasteiger partial charge in [0.1, 0.15) is 0 Å². The zero-order chi connectivity index (χ0) is 24.6. The molecule has 6 rings (SSSR count). The molecule has 1 aliphatic heterocycles. The van der Waals surface area contributed by atoms with Crippen LogP contribution in [0, 0.1) is 35.0 Å². The number of halogens is 3. The maximum Gasteiger partial charge on any atom is 0.417 e. The van der Waals surface area contributed by atoms with Gasteiger partial charge in [0.15, 0.2) is 0 Å². The number of alkyl halides is 3. The molecule has 3 bridgehead atoms. The number of hydrogen-bond acceptors (Lipinski definition) is 3. The average molecular weight is 511 g/mol. The summed E-state index contributed by atoms with van der Waals surface area (Å²) in [6.07, 6.45) is 4.37. The molecule has 1 spiro atoms. The molecule has 35 heavy (non-hydrogen) atoms. The van der Waals surface area contributed by atoms with Crippen LogP contribution in [0.1, 0.15) is 63.4 Å². The van der Waals surface area contributed by atoms with Crippen molar-refractivity contribution < 1.29 is 26.4 Å². The molecule has 6 atom stereocenters. The molecular formula is C26H33F3N2O3S. The van der Waals surface area contributed by atoms with Gasteiger partial charge in [0.05, 0.1) is 10.5 Å². The first-order valence-electron chi connectivity index (χ1n) is 13.0. The van der Waals surface area contributed by atoms with Crippen molar-refractivity contribution in [3.05, 3.63) is 29.8 Å². The molecule has 4 aliphatic carbocycles. The van der Waals surface area contributed by atoms with E-state index in [1.165, 1.54) is 44.2 Å². The van der Waals surface area contributed by atoms with Crippen LogP contribution in [0.2, 0.25) is 0 Å². The van der Waals surface area contributed by atoms with Crippen molar-refractivity contribution in [1.82, 2.24) is 9.62 Å². The number of hydrogen-bond donors (Lipinski definition) is 1. The number of benzene rings is 1. The largest absolute Gasteiger partial charge is 0.417 e. The molecule has 1 aromatic carbocycles. The third-order valence-corrected chi connectivity index (χ3v) is 11.9. The fourth-order valence-electron chi connectivity index (χ4n) is 8.80. The Morgan fingerprint density at radius 2 is 1.71 bits per heavy atom. The fourth-order valence-corrected chi connectivity index (χ4v) is 10.5. The topological polar surface area (TPSA) is 66.5 Å². The van der Waals surface area contributed by atoms with Crippen molar-refractivity contribution in [2.45, 2.75) is 74.9 Å². The molecule has 1 saturated heterocycles. The van der Waals surface area contributed by atoms with E-state index in [-0.39, 0.29) is 31.0 Å². The smallest absolute Gasteiger partial charge is 0.353 e. The normalized spacial score (nSPS) is 37.1. The van der Waals surface area contributed by atoms with Gasteiger partial charge in [-0.05, 0) is 98.5 Å². The number of carbonyl (C=O) groups is 1. The number of sulfonamides is 1. The lowest BCUT2D eigenvalue weighted by Crippen LogP contribution is -2.42. The van der Waals surface area contributed by atoms with Crippen LogP contribution in [0.15, 0.2) is 29.2 Å². The minimum Gasteiger partial charge on any atom is -0.353 e. The summed E-state index contributed by atoms with van der Waals surface area (Å²) in [6.45, 7) is 0.263. The molecule has 5 nitrogen and oxygen atoms in total. The summed E-state index contributed by atoms with van der Waals surface area (Å²) >= 11 is 0. The van der Waals surface area contributed by atoms with E-state index in [4.69, 9.17) is 0 Å². The van der Waals surface area contributed by atoms with Crippen LogP contribution in [0.4, 0.5) is 13.2 Å². The van der Waals surface area contributed by atoms with Crippen molar-refractivity contribution in [2.24, 2.45) is 35.0 Å². The lowest BCUT2D eigenvalue weighted by atomic mass is 9.72. The van der Waals surface area contributed by atoms with Gasteiger partial charge in [0.25, 0.3) is 0 Å². The highest BCUT2D eigenvalue weighted by atomic mass is 32.2. The summed E-state index contributed by atoms with van der Waals surface area (Å²) in [5, 5.41) is 3.36. The summed E-state index contributed by atoms with van der Waals surface area (Å²) in [4.78, 5) is 12.3. The summed E-state index contributed by atoms with van der Waals surface area (Å²) < 4.78 is 67.2. The maximum atomic E-state index is 13.4. The molecule has 9 heteroatoms. The Balaban J connectivity index is 1.05. The van der Waals surface area contributed by atoms with Crippen molar-refractivity contribution in [3.63, 3.8) is 0 Å². The third-order valence-electron chi connectivity index (χ3n) is 9.99. The van der Waals surface area contributed by atoms with E-state index in [9.17, 15) is 26.4 Å². The second kappa shape index (κ2) is 8.20. The number of fused-ring (bicyclic) bond motifs is 2. The molecule has 4 unspecified atom stereocenters. The van der Waals surface area contributed by atoms with Gasteiger partial charge >= 0.3 is 6.18 Å². The van der Waals surface area contributed by atoms with Crippen LogP contribution in [0.25, 0.3) is 0 Å². The monoisotopic (exact) mass is 510 g/mol. The van der Waals surface area contributed by atoms with Crippen LogP contribution in [0.5, 0.6) is 0 Å². The van der Waals surface area contributed by atoms with Crippen LogP contribution in [-0.4, -0.2) is 37.8 Å². The molecule has 1 amide bonds. The Hall–Kier alpha value is -1.61. The molecular weight excluding hydrogens is 477 g/mol. The van der Waals surface area contributed by atoms with E-state index in [1.54, 1.807) is 0 Å². The summed E-state index contributed by atoms with van der Waals surface area (Å²) in [6, 6.07) is 4.61. The number of nitrogens with one attached hydrogen (secondary N) is 1. The molecule has 0 aromatic heterocycles. The first kappa shape index (κ1) is 23.8. The van der Waals surface area contributed by atoms with E-state index in [0.29, 0.717) is 30.6 Å². The number of nitrogens with zero attached hydrogens (tertiary/aromatic N) is 1. The predicted octanol–water partition coefficient (Wildman–Crippen LogP) is 4.83. The molecule has 5 aliphatic rings. The van der Waals surface area contributed by atoms with Gasteiger partial charge in [-0.15, -0.1) is 0 Å². The fraction of sp³-hybridized carbons (Fsp3) is 0.731. The van der Waals surface area contributed by atoms with Crippen LogP contribution in [0.3, 0.4) is 0 Å². The predicted molar refractivity (Wildman–Crippen MR) is 124 cm³/mol. The van der Waals surface area contributed by atoms with E-state index < -0.39 is 26.7 Å². The van der Waals surface area contributed by atoms with Crippen LogP contribution >= 0.6 is 0 Å². The van der Waals surface area contributed by atoms with E-state index >= 15 is 0 Å². The summed E-state index contributed by atoms with van der Waals surface area (Å²) in [7, 11) is -4.25. The lowest BCUT2D eigenvalue weighted by molar-refractivity contribution is -0.140. The third kappa shape index (κ3) is 3.92. The van der Waals surface area contributed by atoms with E-state index in [0.717, 1.165) is 40.6 Å². The number of amides is 1. The minimum atomic E-state index is -4.74. The lowest BCUT2D eigenvalue weighted by Gasteiger charge is -2.33. The van der Waals surface area contributed by atoms with Gasteiger partial charge in [-0.1, -0.05) is 12.1 Å². The number of carbonyl (C=O) groups excluding carboxylic acids is 1. The standard InChI is InChI=1S/C26H33F3N2O3S/c27-26(28,29)20-3-1-2-4-23(20)35(33,34)31-7-5-16(6-8-31)12-24(32)30-22-13-19-10-17-9-18-11-21(22)25(19,14-17)15-18/h1-4,16-19,21-22H,5-15H2,(H,30,32)/t17-,18?,19?,21+,22?,25?/m0/s1. The van der Waals surface area contributed by atoms with Gasteiger partial charge in [0, 0.05) is 25.6 Å². The first-order chi connectivity index (χ1) is 16.6. The molecule has 0 radical (unpaired) electrons. The molecule has 1 aromatic rings. The van der Waals surface area contributed by atoms with E-state index in [2.05, 4.69) is 5.32 Å². The summed E-state index contributed by atoms with van der Waals surface area (Å²) in [5.41, 5.74) is -0.650. The quantitative estimate of drug-likeness (QED) is 0.617. The molecule has 1 heterocycles. The highest BCUT2D eigenvalue weighted by molar-refractivity contribution is 7.89. The second-order valence-corrected chi connectivity index (χ2v) is 13.7. The van der Waals surface area contributed by atoms with Crippen molar-refractivity contribution in [3.8, 4) is 0 Å². The second-order valence-electron chi connectivity index (χ2n) is 11.8. The van der Waals surface area contributed by atoms with Gasteiger partial charge in [-0.3, -0.25) is 4.79 Å². The SMILES string of the molecule is O=C(CC1CCN(S(=O)(=O)c2ccccc2C(F)(F)F)CC1)NC1CC2C[C@@H]3CC4C[C@H]1C2(C4)C3. The van der Waals surface area contributed by atoms with Crippen LogP contribution in [-0.2, 0) is 21.0 Å². The zero-order valence-electron chi connectivity index (χ0n) is 19.8. The Labute approximate surface area is 204 Å². The van der Waals surface area contributed by atoms with Crippen molar-refractivity contribution in [2.75, 3.05) is 13.1 Å². The van der Waals surface area contributed by atoms with Gasteiger partial charge < -0.3 is 5.32 Å². The van der Waals surface area contributed by atoms with Gasteiger partial charge in [-0.25, -0.2) is 8.42 Å². The molecule has 4 saturated carbocycles. The highest BCUT2D eigenvalue weighted by Gasteiger charge is 2.65. The Morgan fingerprint density at radius 3 is 2.43 bits per heavy atom. The van der Waals surface area contributed by atoms with Crippen LogP contribution < -0.4 is 5.32 Å². The Morgan fingerprint density at radius 1 is 1.03 bits per heavy atom. The number of piperidine rings is 1. The first-order valence-corrected chi connectivity index (χ1v) is 14.5. The zero-order valence-corrected chi connectivity index (χ0v) is 20.6. The van der Waals surface area contributed by atoms with Gasteiger partial charge in [-0.2, -0.15) is 17.5 Å². The molecule has 192 valence electrons. The average Bonchev–Trinajstić information content (AvgIpc) is 3.33. The van der Waals surface area contributed by atoms with Gasteiger partial charge in [0.2, 0.25) is 15.9 Å². The Kier molecular flexibility index (Phi) is 5.57. The van der Waals surface area contributed by atoms with Crippen molar-refractivity contribution in [1.29, 1.82) is 0 Å². The van der Waals surface area contributed by atoms with E-state index in [1.807, 2.05) is 0 Å². The highest BCUT2D eigenvalue weighted by Crippen LogP contribution is 2.72. The molecule has 5 fully saturated rings. The minimum absolute atomic E-state index is 0.0468.